The second-order valence-corrected chi connectivity index (χ2v) is 7.65. The van der Waals surface area contributed by atoms with Gasteiger partial charge >= 0.3 is 0 Å². The van der Waals surface area contributed by atoms with E-state index in [1.807, 2.05) is 13.8 Å². The molecular formula is C25H42O6. The Hall–Kier alpha value is -2.11. The fourth-order valence-electron chi connectivity index (χ4n) is 3.31. The zero-order valence-electron chi connectivity index (χ0n) is 20.6. The lowest BCUT2D eigenvalue weighted by atomic mass is 10.0. The number of Topliss-reactive ketones (excluding diaryl/α,β-unsaturated/α-hetero) is 5. The number of hydrogen-bond donors (Lipinski definition) is 0. The van der Waals surface area contributed by atoms with Crippen molar-refractivity contribution >= 4 is 28.9 Å². The zero-order valence-corrected chi connectivity index (χ0v) is 20.6. The molecule has 0 spiro atoms. The van der Waals surface area contributed by atoms with Gasteiger partial charge in [0.15, 0.2) is 5.78 Å². The number of unbranched alkanes of at least 4 members (excludes halogenated alkanes) is 1. The van der Waals surface area contributed by atoms with E-state index in [1.54, 1.807) is 27.9 Å². The molecule has 6 heteroatoms. The Morgan fingerprint density at radius 1 is 0.839 bits per heavy atom. The van der Waals surface area contributed by atoms with Gasteiger partial charge in [-0.25, -0.2) is 0 Å². The third-order valence-corrected chi connectivity index (χ3v) is 4.94. The molecule has 0 N–H and O–H groups in total. The lowest BCUT2D eigenvalue weighted by Crippen LogP contribution is -2.14. The Balaban J connectivity index is 0. The fourth-order valence-corrected chi connectivity index (χ4v) is 3.31. The van der Waals surface area contributed by atoms with Crippen LogP contribution in [0.4, 0.5) is 0 Å². The van der Waals surface area contributed by atoms with Crippen LogP contribution in [0.1, 0.15) is 106 Å². The maximum atomic E-state index is 10.9. The fraction of sp³-hybridized carbons (Fsp3) is 0.720. The predicted octanol–water partition coefficient (Wildman–Crippen LogP) is 5.36. The molecule has 0 aliphatic heterocycles. The Labute approximate surface area is 188 Å². The molecule has 0 aromatic carbocycles. The molecule has 0 saturated heterocycles. The number of allylic oxidation sites excluding steroid dienone is 2. The lowest BCUT2D eigenvalue weighted by Gasteiger charge is -2.00. The van der Waals surface area contributed by atoms with E-state index < -0.39 is 0 Å². The highest BCUT2D eigenvalue weighted by Gasteiger charge is 2.27. The summed E-state index contributed by atoms with van der Waals surface area (Å²) in [6.45, 7) is 10.2. The zero-order chi connectivity index (χ0) is 24.4. The Bertz CT molecular complexity index is 614. The van der Waals surface area contributed by atoms with Crippen LogP contribution >= 0.6 is 0 Å². The van der Waals surface area contributed by atoms with Gasteiger partial charge in [0.1, 0.15) is 28.9 Å². The van der Waals surface area contributed by atoms with Crippen LogP contribution in [-0.2, 0) is 28.7 Å². The number of methoxy groups -OCH3 is 1. The summed E-state index contributed by atoms with van der Waals surface area (Å²) in [7, 11) is 1.63. The molecule has 178 valence electrons. The first-order valence-corrected chi connectivity index (χ1v) is 11.4. The average Bonchev–Trinajstić information content (AvgIpc) is 3.36. The second kappa shape index (κ2) is 18.6. The van der Waals surface area contributed by atoms with E-state index in [0.717, 1.165) is 56.3 Å². The summed E-state index contributed by atoms with van der Waals surface area (Å²) < 4.78 is 5.04. The van der Waals surface area contributed by atoms with Gasteiger partial charge in [-0.15, -0.1) is 0 Å². The molecule has 0 aromatic rings. The van der Waals surface area contributed by atoms with E-state index in [9.17, 15) is 24.0 Å². The number of ether oxygens (including phenoxy) is 1. The maximum absolute atomic E-state index is 10.9. The van der Waals surface area contributed by atoms with Gasteiger partial charge in [-0.1, -0.05) is 13.8 Å². The van der Waals surface area contributed by atoms with E-state index in [4.69, 9.17) is 4.74 Å². The third kappa shape index (κ3) is 15.4. The normalized spacial score (nSPS) is 16.7. The summed E-state index contributed by atoms with van der Waals surface area (Å²) in [6.07, 6.45) is 8.16. The Morgan fingerprint density at radius 3 is 1.61 bits per heavy atom. The molecule has 1 fully saturated rings. The topological polar surface area (TPSA) is 94.6 Å². The van der Waals surface area contributed by atoms with Gasteiger partial charge in [-0.3, -0.25) is 14.4 Å². The molecule has 0 amide bonds. The standard InChI is InChI=1S/C8H12O2.C8H14O2.C7H10O2.C2H6/c1-6(9)7-4-3-5-8(7)10-2;1-7(9)5-3-4-6-8(2)10;1-5(8)6-3-2-4-7(6)9;1-2/h3-5H2,1-2H3;3-6H2,1-2H3;6H,2-4H2,1H3;1-2H3. The quantitative estimate of drug-likeness (QED) is 0.374. The highest BCUT2D eigenvalue weighted by molar-refractivity contribution is 6.02. The van der Waals surface area contributed by atoms with E-state index in [-0.39, 0.29) is 34.8 Å². The van der Waals surface area contributed by atoms with Crippen LogP contribution in [-0.4, -0.2) is 36.0 Å². The number of carbonyl (C=O) groups is 5. The highest BCUT2D eigenvalue weighted by atomic mass is 16.5. The monoisotopic (exact) mass is 438 g/mol. The molecule has 2 aliphatic carbocycles. The first-order valence-electron chi connectivity index (χ1n) is 11.4. The van der Waals surface area contributed by atoms with E-state index in [1.165, 1.54) is 6.92 Å². The van der Waals surface area contributed by atoms with E-state index in [2.05, 4.69) is 0 Å². The first-order chi connectivity index (χ1) is 14.6. The molecule has 0 heterocycles. The summed E-state index contributed by atoms with van der Waals surface area (Å²) in [6, 6.07) is 0. The molecule has 0 aromatic heterocycles. The van der Waals surface area contributed by atoms with Crippen molar-refractivity contribution in [2.24, 2.45) is 5.92 Å². The van der Waals surface area contributed by atoms with Crippen molar-refractivity contribution < 1.29 is 28.7 Å². The van der Waals surface area contributed by atoms with Crippen LogP contribution in [0, 0.1) is 5.92 Å². The van der Waals surface area contributed by atoms with Crippen molar-refractivity contribution in [3.63, 3.8) is 0 Å². The minimum Gasteiger partial charge on any atom is -0.501 e. The van der Waals surface area contributed by atoms with Crippen molar-refractivity contribution in [3.05, 3.63) is 11.3 Å². The van der Waals surface area contributed by atoms with Gasteiger partial charge in [0.2, 0.25) is 0 Å². The first kappa shape index (κ1) is 31.1. The average molecular weight is 439 g/mol. The van der Waals surface area contributed by atoms with Crippen molar-refractivity contribution in [2.75, 3.05) is 7.11 Å². The molecule has 0 radical (unpaired) electrons. The predicted molar refractivity (Wildman–Crippen MR) is 123 cm³/mol. The van der Waals surface area contributed by atoms with E-state index in [0.29, 0.717) is 19.3 Å². The third-order valence-electron chi connectivity index (χ3n) is 4.94. The van der Waals surface area contributed by atoms with Gasteiger partial charge in [-0.2, -0.15) is 0 Å². The van der Waals surface area contributed by atoms with Crippen molar-refractivity contribution in [3.8, 4) is 0 Å². The van der Waals surface area contributed by atoms with Crippen molar-refractivity contribution in [1.82, 2.24) is 0 Å². The molecular weight excluding hydrogens is 396 g/mol. The summed E-state index contributed by atoms with van der Waals surface area (Å²) in [5.41, 5.74) is 0.891. The second-order valence-electron chi connectivity index (χ2n) is 7.65. The van der Waals surface area contributed by atoms with Crippen LogP contribution in [0.25, 0.3) is 0 Å². The van der Waals surface area contributed by atoms with Crippen molar-refractivity contribution in [1.29, 1.82) is 0 Å². The largest absolute Gasteiger partial charge is 0.501 e. The molecule has 1 atom stereocenters. The smallest absolute Gasteiger partial charge is 0.159 e. The molecule has 0 bridgehead atoms. The maximum Gasteiger partial charge on any atom is 0.159 e. The number of rotatable bonds is 8. The van der Waals surface area contributed by atoms with Crippen LogP contribution in [0.3, 0.4) is 0 Å². The number of hydrogen-bond acceptors (Lipinski definition) is 6. The summed E-state index contributed by atoms with van der Waals surface area (Å²) >= 11 is 0. The molecule has 6 nitrogen and oxygen atoms in total. The van der Waals surface area contributed by atoms with Gasteiger partial charge < -0.3 is 14.3 Å². The lowest BCUT2D eigenvalue weighted by molar-refractivity contribution is -0.129. The van der Waals surface area contributed by atoms with Gasteiger partial charge in [0.05, 0.1) is 13.0 Å². The Morgan fingerprint density at radius 2 is 1.35 bits per heavy atom. The van der Waals surface area contributed by atoms with Gasteiger partial charge in [0, 0.05) is 31.3 Å². The van der Waals surface area contributed by atoms with Crippen LogP contribution in [0.2, 0.25) is 0 Å². The van der Waals surface area contributed by atoms with Gasteiger partial charge in [-0.05, 0) is 66.2 Å². The minimum absolute atomic E-state index is 0.0394. The van der Waals surface area contributed by atoms with Crippen LogP contribution in [0.15, 0.2) is 11.3 Å². The molecule has 2 aliphatic rings. The summed E-state index contributed by atoms with van der Waals surface area (Å²) in [5, 5.41) is 0. The summed E-state index contributed by atoms with van der Waals surface area (Å²) in [5.74, 6) is 1.42. The highest BCUT2D eigenvalue weighted by Crippen LogP contribution is 2.26. The van der Waals surface area contributed by atoms with E-state index >= 15 is 0 Å². The Kier molecular flexibility index (Phi) is 18.7. The molecule has 1 unspecified atom stereocenters. The summed E-state index contributed by atoms with van der Waals surface area (Å²) in [4.78, 5) is 53.1. The van der Waals surface area contributed by atoms with Crippen molar-refractivity contribution in [2.45, 2.75) is 106 Å². The van der Waals surface area contributed by atoms with Crippen LogP contribution in [0.5, 0.6) is 0 Å². The molecule has 1 saturated carbocycles. The SMILES string of the molecule is CC.CC(=O)C1CCCC1=O.CC(=O)CCCCC(C)=O.COC1=C(C(C)=O)CCC1. The molecule has 2 rings (SSSR count). The number of ketones is 5. The van der Waals surface area contributed by atoms with Crippen LogP contribution < -0.4 is 0 Å². The minimum atomic E-state index is -0.245. The molecule has 31 heavy (non-hydrogen) atoms. The number of carbonyl (C=O) groups excluding carboxylic acids is 5. The van der Waals surface area contributed by atoms with Gasteiger partial charge in [0.25, 0.3) is 0 Å².